The van der Waals surface area contributed by atoms with Crippen LogP contribution < -0.4 is 9.47 Å². The lowest BCUT2D eigenvalue weighted by atomic mass is 10.1. The lowest BCUT2D eigenvalue weighted by molar-refractivity contribution is -0.139. The molecule has 1 fully saturated rings. The molecule has 0 bridgehead atoms. The Labute approximate surface area is 132 Å². The Hall–Kier alpha value is -3.00. The minimum absolute atomic E-state index is 0.0313. The summed E-state index contributed by atoms with van der Waals surface area (Å²) in [5.41, 5.74) is 2.40. The molecule has 3 atom stereocenters. The van der Waals surface area contributed by atoms with Crippen molar-refractivity contribution >= 4 is 11.7 Å². The predicted molar refractivity (Wildman–Crippen MR) is 82.2 cm³/mol. The van der Waals surface area contributed by atoms with Crippen molar-refractivity contribution in [3.05, 3.63) is 58.9 Å². The minimum atomic E-state index is -0.804. The van der Waals surface area contributed by atoms with Crippen molar-refractivity contribution in [1.29, 1.82) is 0 Å². The maximum atomic E-state index is 11.1. The van der Waals surface area contributed by atoms with Crippen LogP contribution >= 0.6 is 0 Å². The molecule has 0 saturated heterocycles. The highest BCUT2D eigenvalue weighted by Gasteiger charge is 2.63. The molecule has 4 rings (SSSR count). The number of aliphatic carboxylic acids is 1. The summed E-state index contributed by atoms with van der Waals surface area (Å²) in [6.45, 7) is 8.90. The number of aryl methyl sites for hydroxylation is 1. The van der Waals surface area contributed by atoms with E-state index in [4.69, 9.17) is 21.2 Å². The molecule has 0 amide bonds. The van der Waals surface area contributed by atoms with Gasteiger partial charge in [-0.1, -0.05) is 12.1 Å². The zero-order valence-electron chi connectivity index (χ0n) is 12.3. The third kappa shape index (κ3) is 2.11. The maximum Gasteiger partial charge on any atom is 0.311 e. The number of carbonyl (C=O) groups is 1. The molecule has 23 heavy (non-hydrogen) atoms. The van der Waals surface area contributed by atoms with Crippen LogP contribution in [0.25, 0.3) is 4.85 Å². The van der Waals surface area contributed by atoms with Crippen molar-refractivity contribution in [1.82, 2.24) is 0 Å². The monoisotopic (exact) mass is 307 g/mol. The van der Waals surface area contributed by atoms with Crippen molar-refractivity contribution in [3.8, 4) is 17.2 Å². The van der Waals surface area contributed by atoms with Gasteiger partial charge in [-0.2, -0.15) is 0 Å². The molecule has 0 unspecified atom stereocenters. The highest BCUT2D eigenvalue weighted by molar-refractivity contribution is 5.79. The maximum absolute atomic E-state index is 11.1. The van der Waals surface area contributed by atoms with E-state index < -0.39 is 11.9 Å². The second kappa shape index (κ2) is 4.75. The lowest BCUT2D eigenvalue weighted by Crippen LogP contribution is -2.08. The van der Waals surface area contributed by atoms with E-state index in [2.05, 4.69) is 4.85 Å². The van der Waals surface area contributed by atoms with E-state index in [1.807, 2.05) is 19.1 Å². The topological polar surface area (TPSA) is 60.1 Å². The summed E-state index contributed by atoms with van der Waals surface area (Å²) in [6, 6.07) is 10.8. The standard InChI is InChI=1S/C18H13NO4/c1-9-7-10(19-2)3-6-13(9)22-11-4-5-12-14(8-11)23-17-15(12)16(17)18(20)21/h3-8,15-17H,1H3,(H,20,21)/t15-,16-,17-/m1/s1. The van der Waals surface area contributed by atoms with Crippen LogP contribution in [-0.4, -0.2) is 17.2 Å². The summed E-state index contributed by atoms with van der Waals surface area (Å²) >= 11 is 0. The van der Waals surface area contributed by atoms with Gasteiger partial charge in [0.1, 0.15) is 29.3 Å². The number of nitrogens with zero attached hydrogens (tertiary/aromatic N) is 1. The van der Waals surface area contributed by atoms with Crippen LogP contribution in [0.15, 0.2) is 36.4 Å². The summed E-state index contributed by atoms with van der Waals surface area (Å²) in [7, 11) is 0. The van der Waals surface area contributed by atoms with Gasteiger partial charge in [0.25, 0.3) is 0 Å². The van der Waals surface area contributed by atoms with Crippen LogP contribution in [0.3, 0.4) is 0 Å². The average Bonchev–Trinajstić information content (AvgIpc) is 3.13. The average molecular weight is 307 g/mol. The summed E-state index contributed by atoms with van der Waals surface area (Å²) in [5.74, 6) is 0.764. The number of hydrogen-bond donors (Lipinski definition) is 1. The molecule has 2 aromatic carbocycles. The number of rotatable bonds is 3. The van der Waals surface area contributed by atoms with E-state index in [1.165, 1.54) is 0 Å². The third-order valence-corrected chi connectivity index (χ3v) is 4.36. The van der Waals surface area contributed by atoms with E-state index in [9.17, 15) is 4.79 Å². The number of benzene rings is 2. The Balaban J connectivity index is 1.57. The fourth-order valence-corrected chi connectivity index (χ4v) is 3.14. The second-order valence-electron chi connectivity index (χ2n) is 5.84. The van der Waals surface area contributed by atoms with Crippen molar-refractivity contribution in [2.75, 3.05) is 0 Å². The van der Waals surface area contributed by atoms with E-state index in [1.54, 1.807) is 24.3 Å². The molecule has 1 N–H and O–H groups in total. The highest BCUT2D eigenvalue weighted by atomic mass is 16.5. The number of hydrogen-bond acceptors (Lipinski definition) is 3. The zero-order valence-corrected chi connectivity index (χ0v) is 12.3. The molecule has 1 heterocycles. The van der Waals surface area contributed by atoms with Crippen molar-refractivity contribution in [2.45, 2.75) is 18.9 Å². The molecular formula is C18H13NO4. The fourth-order valence-electron chi connectivity index (χ4n) is 3.14. The Morgan fingerprint density at radius 3 is 2.83 bits per heavy atom. The molecule has 2 aliphatic rings. The van der Waals surface area contributed by atoms with Crippen molar-refractivity contribution < 1.29 is 19.4 Å². The molecule has 5 heteroatoms. The van der Waals surface area contributed by atoms with E-state index in [0.717, 1.165) is 11.1 Å². The first-order chi connectivity index (χ1) is 11.1. The van der Waals surface area contributed by atoms with Gasteiger partial charge in [0.15, 0.2) is 5.69 Å². The van der Waals surface area contributed by atoms with Gasteiger partial charge in [0.05, 0.1) is 6.57 Å². The fraction of sp³-hybridized carbons (Fsp3) is 0.222. The molecule has 1 saturated carbocycles. The number of fused-ring (bicyclic) bond motifs is 3. The summed E-state index contributed by atoms with van der Waals surface area (Å²) in [5, 5.41) is 9.08. The first kappa shape index (κ1) is 13.6. The summed E-state index contributed by atoms with van der Waals surface area (Å²) in [4.78, 5) is 14.4. The molecule has 0 aromatic heterocycles. The van der Waals surface area contributed by atoms with Crippen LogP contribution in [0.4, 0.5) is 5.69 Å². The van der Waals surface area contributed by atoms with Crippen LogP contribution in [-0.2, 0) is 4.79 Å². The number of ether oxygens (including phenoxy) is 2. The van der Waals surface area contributed by atoms with Crippen LogP contribution in [0.5, 0.6) is 17.2 Å². The normalized spacial score (nSPS) is 23.2. The van der Waals surface area contributed by atoms with Gasteiger partial charge in [0.2, 0.25) is 0 Å². The smallest absolute Gasteiger partial charge is 0.311 e. The van der Waals surface area contributed by atoms with Crippen LogP contribution in [0.2, 0.25) is 0 Å². The van der Waals surface area contributed by atoms with Gasteiger partial charge in [-0.05, 0) is 30.7 Å². The summed E-state index contributed by atoms with van der Waals surface area (Å²) in [6.07, 6.45) is -0.238. The Bertz CT molecular complexity index is 868. The van der Waals surface area contributed by atoms with Gasteiger partial charge in [-0.3, -0.25) is 4.79 Å². The van der Waals surface area contributed by atoms with E-state index >= 15 is 0 Å². The molecule has 5 nitrogen and oxygen atoms in total. The first-order valence-electron chi connectivity index (χ1n) is 7.28. The number of carboxylic acid groups (broad SMARTS) is 1. The van der Waals surface area contributed by atoms with Gasteiger partial charge in [0, 0.05) is 17.5 Å². The van der Waals surface area contributed by atoms with Gasteiger partial charge >= 0.3 is 5.97 Å². The molecule has 1 aliphatic carbocycles. The predicted octanol–water partition coefficient (Wildman–Crippen LogP) is 3.90. The Kier molecular flexibility index (Phi) is 2.82. The second-order valence-corrected chi connectivity index (χ2v) is 5.84. The SMILES string of the molecule is [C-]#[N+]c1ccc(Oc2ccc3c(c2)O[C@H]2[C@H](C(=O)O)[C@@H]32)c(C)c1. The zero-order chi connectivity index (χ0) is 16.1. The third-order valence-electron chi connectivity index (χ3n) is 4.36. The molecule has 114 valence electrons. The van der Waals surface area contributed by atoms with Crippen LogP contribution in [0, 0.1) is 19.4 Å². The molecule has 0 spiro atoms. The first-order valence-corrected chi connectivity index (χ1v) is 7.28. The molecule has 2 aromatic rings. The van der Waals surface area contributed by atoms with Gasteiger partial charge in [-0.15, -0.1) is 0 Å². The lowest BCUT2D eigenvalue weighted by Gasteiger charge is -2.12. The van der Waals surface area contributed by atoms with E-state index in [-0.39, 0.29) is 12.0 Å². The minimum Gasteiger partial charge on any atom is -0.488 e. The van der Waals surface area contributed by atoms with Crippen molar-refractivity contribution in [3.63, 3.8) is 0 Å². The quantitative estimate of drug-likeness (QED) is 0.874. The molecule has 1 aliphatic heterocycles. The summed E-state index contributed by atoms with van der Waals surface area (Å²) < 4.78 is 11.6. The van der Waals surface area contributed by atoms with Crippen molar-refractivity contribution in [2.24, 2.45) is 5.92 Å². The highest BCUT2D eigenvalue weighted by Crippen LogP contribution is 2.58. The van der Waals surface area contributed by atoms with Gasteiger partial charge < -0.3 is 14.6 Å². The Morgan fingerprint density at radius 1 is 1.30 bits per heavy atom. The Morgan fingerprint density at radius 2 is 2.13 bits per heavy atom. The molecular weight excluding hydrogens is 294 g/mol. The molecule has 0 radical (unpaired) electrons. The van der Waals surface area contributed by atoms with Gasteiger partial charge in [-0.25, -0.2) is 4.85 Å². The van der Waals surface area contributed by atoms with Crippen LogP contribution in [0.1, 0.15) is 17.0 Å². The largest absolute Gasteiger partial charge is 0.488 e. The van der Waals surface area contributed by atoms with E-state index in [0.29, 0.717) is 22.9 Å². The number of carboxylic acids is 1.